The molecule has 4 aromatic carbocycles. The maximum absolute atomic E-state index is 11.6. The third-order valence-corrected chi connectivity index (χ3v) is 11.5. The Labute approximate surface area is 555 Å². The number of hydrogen-bond acceptors (Lipinski definition) is 13. The van der Waals surface area contributed by atoms with Gasteiger partial charge in [0.2, 0.25) is 0 Å². The summed E-state index contributed by atoms with van der Waals surface area (Å²) >= 11 is 5.78. The molecule has 2 aromatic heterocycles. The Hall–Kier alpha value is -1.78. The van der Waals surface area contributed by atoms with E-state index in [1.807, 2.05) is 84.2 Å². The second-order valence-corrected chi connectivity index (χ2v) is 17.3. The average molecular weight is 1230 g/mol. The largest absolute Gasteiger partial charge is 1.00 e. The number of methoxy groups -OCH3 is 1. The number of halogens is 1. The number of fused-ring (bicyclic) bond motifs is 2. The summed E-state index contributed by atoms with van der Waals surface area (Å²) in [5, 5.41) is 27.1. The number of aryl methyl sites for hydroxylation is 2. The summed E-state index contributed by atoms with van der Waals surface area (Å²) in [5.41, 5.74) is 6.71. The SMILES string of the molecule is CC1(C)COc2ccc(CCl)cc21.COC(=O)C[C@@H](c1ccc(O)cc1)c1nccn1C.Cn1ccnc1[C@@H](CC(=O)O)c1ccc(OCc2ccc3c(c2)C(C)(C)CO3)cc1.O=CO[O-].[Cs+].[Cs+].[H-].[Na+].[OH-]. The molecule has 0 saturated carbocycles. The molecule has 70 heavy (non-hydrogen) atoms. The first-order valence-corrected chi connectivity index (χ1v) is 21.6. The first-order valence-electron chi connectivity index (χ1n) is 21.1. The molecular formula is C50H58ClCs2N4NaO12. The predicted octanol–water partition coefficient (Wildman–Crippen LogP) is -1.43. The molecule has 2 atom stereocenters. The summed E-state index contributed by atoms with van der Waals surface area (Å²) in [7, 11) is 5.12. The van der Waals surface area contributed by atoms with Crippen molar-refractivity contribution < 1.29 is 228 Å². The molecular weight excluding hydrogens is 1170 g/mol. The number of nitrogens with zero attached hydrogens (tertiary/aromatic N) is 4. The zero-order chi connectivity index (χ0) is 48.0. The number of rotatable bonds is 13. The molecule has 4 heterocycles. The molecule has 16 nitrogen and oxygen atoms in total. The number of phenols is 1. The van der Waals surface area contributed by atoms with Crippen LogP contribution in [0.15, 0.2) is 110 Å². The minimum atomic E-state index is -0.855. The molecule has 8 rings (SSSR count). The summed E-state index contributed by atoms with van der Waals surface area (Å²) in [6.07, 6.45) is 7.24. The van der Waals surface area contributed by atoms with Gasteiger partial charge in [-0.05, 0) is 64.7 Å². The number of alkyl halides is 1. The molecule has 0 saturated heterocycles. The van der Waals surface area contributed by atoms with Gasteiger partial charge in [-0.1, -0.05) is 70.2 Å². The number of aromatic nitrogens is 4. The summed E-state index contributed by atoms with van der Waals surface area (Å²) in [6, 6.07) is 26.7. The topological polar surface area (TPSA) is 227 Å². The van der Waals surface area contributed by atoms with Crippen molar-refractivity contribution in [2.75, 3.05) is 20.3 Å². The van der Waals surface area contributed by atoms with Crippen LogP contribution in [0.5, 0.6) is 23.0 Å². The van der Waals surface area contributed by atoms with Crippen LogP contribution in [-0.4, -0.2) is 73.5 Å². The van der Waals surface area contributed by atoms with Gasteiger partial charge in [0.15, 0.2) is 0 Å². The average Bonchev–Trinajstić information content (AvgIpc) is 4.09. The van der Waals surface area contributed by atoms with Crippen molar-refractivity contribution in [3.05, 3.63) is 155 Å². The number of imidazole rings is 2. The number of aromatic hydroxyl groups is 1. The van der Waals surface area contributed by atoms with Gasteiger partial charge in [-0.3, -0.25) is 14.4 Å². The predicted molar refractivity (Wildman–Crippen MR) is 248 cm³/mol. The second-order valence-electron chi connectivity index (χ2n) is 17.1. The Balaban J connectivity index is 0.00000103. The molecule has 2 aliphatic rings. The fourth-order valence-electron chi connectivity index (χ4n) is 7.55. The Kier molecular flexibility index (Phi) is 30.1. The molecule has 0 spiro atoms. The summed E-state index contributed by atoms with van der Waals surface area (Å²) in [4.78, 5) is 42.8. The molecule has 0 fully saturated rings. The molecule has 0 aliphatic carbocycles. The van der Waals surface area contributed by atoms with Crippen molar-refractivity contribution in [1.29, 1.82) is 0 Å². The number of phenolic OH excluding ortho intramolecular Hbond substituents is 1. The van der Waals surface area contributed by atoms with E-state index in [4.69, 9.17) is 40.6 Å². The van der Waals surface area contributed by atoms with Gasteiger partial charge in [0.25, 0.3) is 6.47 Å². The number of carbonyl (C=O) groups excluding carboxylic acids is 2. The third-order valence-electron chi connectivity index (χ3n) is 11.2. The van der Waals surface area contributed by atoms with Crippen LogP contribution in [0.1, 0.15) is 98.8 Å². The van der Waals surface area contributed by atoms with E-state index >= 15 is 0 Å². The van der Waals surface area contributed by atoms with Crippen LogP contribution >= 0.6 is 11.6 Å². The van der Waals surface area contributed by atoms with E-state index in [2.05, 4.69) is 54.7 Å². The number of benzene rings is 4. The quantitative estimate of drug-likeness (QED) is 0.0338. The van der Waals surface area contributed by atoms with Crippen molar-refractivity contribution in [3.63, 3.8) is 0 Å². The van der Waals surface area contributed by atoms with Crippen molar-refractivity contribution >= 4 is 30.0 Å². The fraction of sp³-hybridized carbons (Fsp3) is 0.340. The smallest absolute Gasteiger partial charge is 1.00 e. The first-order chi connectivity index (χ1) is 31.5. The first kappa shape index (κ1) is 66.2. The van der Waals surface area contributed by atoms with E-state index in [-0.39, 0.29) is 228 Å². The Morgan fingerprint density at radius 1 is 0.800 bits per heavy atom. The number of aliphatic carboxylic acids is 1. The van der Waals surface area contributed by atoms with Crippen molar-refractivity contribution in [1.82, 2.24) is 19.1 Å². The van der Waals surface area contributed by atoms with E-state index in [9.17, 15) is 19.8 Å². The monoisotopic (exact) mass is 1230 g/mol. The van der Waals surface area contributed by atoms with Crippen LogP contribution in [0.4, 0.5) is 0 Å². The number of carboxylic acids is 1. The molecule has 6 aromatic rings. The Morgan fingerprint density at radius 3 is 1.66 bits per heavy atom. The summed E-state index contributed by atoms with van der Waals surface area (Å²) in [6.45, 7) is 10.5. The van der Waals surface area contributed by atoms with Crippen LogP contribution in [-0.2, 0) is 61.4 Å². The normalized spacial score (nSPS) is 13.5. The molecule has 360 valence electrons. The summed E-state index contributed by atoms with van der Waals surface area (Å²) < 4.78 is 25.8. The number of esters is 1. The third kappa shape index (κ3) is 18.9. The van der Waals surface area contributed by atoms with Gasteiger partial charge in [-0.25, -0.2) is 9.97 Å². The number of ether oxygens (including phenoxy) is 4. The van der Waals surface area contributed by atoms with Crippen LogP contribution in [0.3, 0.4) is 0 Å². The molecule has 2 aliphatic heterocycles. The van der Waals surface area contributed by atoms with E-state index in [0.29, 0.717) is 19.1 Å². The van der Waals surface area contributed by atoms with E-state index < -0.39 is 5.97 Å². The Morgan fingerprint density at radius 2 is 1.24 bits per heavy atom. The van der Waals surface area contributed by atoms with Gasteiger partial charge in [0.1, 0.15) is 41.3 Å². The van der Waals surface area contributed by atoms with E-state index in [0.717, 1.165) is 52.2 Å². The van der Waals surface area contributed by atoms with Gasteiger partial charge < -0.3 is 55.3 Å². The van der Waals surface area contributed by atoms with Crippen LogP contribution in [0, 0.1) is 0 Å². The number of hydrogen-bond donors (Lipinski definition) is 2. The fourth-order valence-corrected chi connectivity index (χ4v) is 7.71. The number of carboxylic acid groups (broad SMARTS) is 1. The summed E-state index contributed by atoms with van der Waals surface area (Å²) in [5.74, 6) is 3.35. The molecule has 0 amide bonds. The molecule has 20 heteroatoms. The molecule has 0 unspecified atom stereocenters. The maximum atomic E-state index is 11.6. The maximum Gasteiger partial charge on any atom is 1.00 e. The number of carbonyl (C=O) groups is 3. The van der Waals surface area contributed by atoms with Gasteiger partial charge in [0, 0.05) is 66.7 Å². The zero-order valence-electron chi connectivity index (χ0n) is 42.5. The molecule has 0 radical (unpaired) electrons. The standard InChI is InChI=1S/C24H26N2O4.C14H16N2O3.C11H13ClO.CH2O3.2Cs.Na.H2O.H/c1-24(2)15-30-21-9-4-16(12-20(21)24)14-29-18-7-5-17(6-8-18)19(13-22(27)28)23-25-10-11-26(23)3;1-16-8-7-15-14(16)12(9-13(18)19-2)10-3-5-11(17)6-4-10;1-11(2)7-13-10-4-3-8(6-12)5-9(10)11;2-1-4-3;;;;;/h4-12,19H,13-15H2,1-3H3,(H,27,28);3-8,12,17H,9H2,1-2H3;3-5H,6-7H2,1-2H3;1,3H;;;;1H2;/q;;;;3*+1;;-1/p-2/t19-;12-;;;;;;;/m00......./s1. The van der Waals surface area contributed by atoms with Gasteiger partial charge in [0.05, 0.1) is 45.0 Å². The van der Waals surface area contributed by atoms with Crippen LogP contribution < -0.4 is 187 Å². The minimum Gasteiger partial charge on any atom is -1.00 e. The van der Waals surface area contributed by atoms with Crippen molar-refractivity contribution in [2.45, 2.75) is 75.7 Å². The van der Waals surface area contributed by atoms with Crippen molar-refractivity contribution in [3.8, 4) is 23.0 Å². The van der Waals surface area contributed by atoms with Crippen molar-refractivity contribution in [2.24, 2.45) is 14.1 Å². The Bertz CT molecular complexity index is 2570. The zero-order valence-corrected chi connectivity index (χ0v) is 56.9. The molecule has 3 N–H and O–H groups in total. The van der Waals surface area contributed by atoms with Gasteiger partial charge in [-0.2, -0.15) is 0 Å². The second kappa shape index (κ2) is 31.8. The van der Waals surface area contributed by atoms with Crippen LogP contribution in [0.2, 0.25) is 0 Å². The van der Waals surface area contributed by atoms with E-state index in [1.54, 1.807) is 36.7 Å². The minimum absolute atomic E-state index is 0. The molecule has 0 bridgehead atoms. The van der Waals surface area contributed by atoms with Crippen LogP contribution in [0.25, 0.3) is 0 Å². The van der Waals surface area contributed by atoms with E-state index in [1.165, 1.54) is 23.8 Å². The van der Waals surface area contributed by atoms with Gasteiger partial charge in [-0.15, -0.1) is 11.6 Å². The van der Waals surface area contributed by atoms with Gasteiger partial charge >= 0.3 is 179 Å².